The Labute approximate surface area is 112 Å². The van der Waals surface area contributed by atoms with Gasteiger partial charge in [0.15, 0.2) is 0 Å². The van der Waals surface area contributed by atoms with Gasteiger partial charge in [0.25, 0.3) is 5.91 Å². The molecule has 102 valence electrons. The predicted octanol–water partition coefficient (Wildman–Crippen LogP) is 0.285. The van der Waals surface area contributed by atoms with Crippen LogP contribution in [0.3, 0.4) is 0 Å². The van der Waals surface area contributed by atoms with Gasteiger partial charge in [-0.2, -0.15) is 0 Å². The van der Waals surface area contributed by atoms with Crippen LogP contribution >= 0.6 is 0 Å². The van der Waals surface area contributed by atoms with E-state index in [0.29, 0.717) is 18.7 Å². The molecule has 1 fully saturated rings. The van der Waals surface area contributed by atoms with Gasteiger partial charge in [-0.25, -0.2) is 0 Å². The maximum absolute atomic E-state index is 11.7. The second-order valence-electron chi connectivity index (χ2n) is 4.56. The first-order valence-electron chi connectivity index (χ1n) is 6.62. The molecule has 0 saturated carbocycles. The number of hydrogen-bond acceptors (Lipinski definition) is 3. The molecular weight excluding hydrogens is 242 g/mol. The van der Waals surface area contributed by atoms with Crippen LogP contribution in [0.1, 0.15) is 23.2 Å². The molecule has 19 heavy (non-hydrogen) atoms. The minimum absolute atomic E-state index is 0.0199. The molecule has 2 amide bonds. The Morgan fingerprint density at radius 1 is 1.16 bits per heavy atom. The maximum atomic E-state index is 11.7. The number of rotatable bonds is 5. The SMILES string of the molecule is O=C(NCCNC(=O)C1CCCN1)c1ccccc1. The normalized spacial score (nSPS) is 18.0. The number of benzene rings is 1. The topological polar surface area (TPSA) is 70.2 Å². The van der Waals surface area contributed by atoms with Gasteiger partial charge in [-0.1, -0.05) is 18.2 Å². The van der Waals surface area contributed by atoms with Crippen LogP contribution in [0.4, 0.5) is 0 Å². The van der Waals surface area contributed by atoms with E-state index in [1.165, 1.54) is 0 Å². The summed E-state index contributed by atoms with van der Waals surface area (Å²) >= 11 is 0. The van der Waals surface area contributed by atoms with Crippen molar-refractivity contribution in [3.8, 4) is 0 Å². The molecule has 3 N–H and O–H groups in total. The quantitative estimate of drug-likeness (QED) is 0.667. The average molecular weight is 261 g/mol. The summed E-state index contributed by atoms with van der Waals surface area (Å²) in [6, 6.07) is 8.97. The molecule has 1 heterocycles. The van der Waals surface area contributed by atoms with E-state index in [9.17, 15) is 9.59 Å². The fourth-order valence-electron chi connectivity index (χ4n) is 2.08. The molecule has 1 aromatic carbocycles. The van der Waals surface area contributed by atoms with E-state index in [2.05, 4.69) is 16.0 Å². The molecule has 1 atom stereocenters. The van der Waals surface area contributed by atoms with E-state index in [0.717, 1.165) is 19.4 Å². The van der Waals surface area contributed by atoms with Gasteiger partial charge < -0.3 is 16.0 Å². The highest BCUT2D eigenvalue weighted by Crippen LogP contribution is 2.04. The number of hydrogen-bond donors (Lipinski definition) is 3. The van der Waals surface area contributed by atoms with Crippen molar-refractivity contribution >= 4 is 11.8 Å². The van der Waals surface area contributed by atoms with Gasteiger partial charge >= 0.3 is 0 Å². The summed E-state index contributed by atoms with van der Waals surface area (Å²) in [5.41, 5.74) is 0.631. The average Bonchev–Trinajstić information content (AvgIpc) is 2.98. The summed E-state index contributed by atoms with van der Waals surface area (Å²) in [6.45, 7) is 1.80. The van der Waals surface area contributed by atoms with Gasteiger partial charge in [-0.3, -0.25) is 9.59 Å². The van der Waals surface area contributed by atoms with E-state index in [1.807, 2.05) is 18.2 Å². The summed E-state index contributed by atoms with van der Waals surface area (Å²) < 4.78 is 0. The summed E-state index contributed by atoms with van der Waals surface area (Å²) in [7, 11) is 0. The number of nitrogens with one attached hydrogen (secondary N) is 3. The molecule has 1 unspecified atom stereocenters. The Bertz CT molecular complexity index is 428. The van der Waals surface area contributed by atoms with Crippen LogP contribution in [0.2, 0.25) is 0 Å². The Kier molecular flexibility index (Phi) is 4.92. The molecule has 5 nitrogen and oxygen atoms in total. The zero-order valence-corrected chi connectivity index (χ0v) is 10.8. The molecule has 0 aromatic heterocycles. The first kappa shape index (κ1) is 13.5. The van der Waals surface area contributed by atoms with E-state index >= 15 is 0 Å². The molecule has 5 heteroatoms. The van der Waals surface area contributed by atoms with Crippen LogP contribution in [0.5, 0.6) is 0 Å². The molecule has 1 aromatic rings. The molecule has 1 aliphatic heterocycles. The summed E-state index contributed by atoms with van der Waals surface area (Å²) in [6.07, 6.45) is 1.94. The van der Waals surface area contributed by atoms with Gasteiger partial charge in [-0.05, 0) is 31.5 Å². The standard InChI is InChI=1S/C14H19N3O2/c18-13(11-5-2-1-3-6-11)16-9-10-17-14(19)12-7-4-8-15-12/h1-3,5-6,12,15H,4,7-10H2,(H,16,18)(H,17,19). The fourth-order valence-corrected chi connectivity index (χ4v) is 2.08. The van der Waals surface area contributed by atoms with Crippen molar-refractivity contribution in [3.05, 3.63) is 35.9 Å². The lowest BCUT2D eigenvalue weighted by Gasteiger charge is -2.11. The van der Waals surface area contributed by atoms with Gasteiger partial charge in [0.05, 0.1) is 6.04 Å². The van der Waals surface area contributed by atoms with Gasteiger partial charge in [0.1, 0.15) is 0 Å². The number of carbonyl (C=O) groups is 2. The lowest BCUT2D eigenvalue weighted by atomic mass is 10.2. The Hall–Kier alpha value is -1.88. The summed E-state index contributed by atoms with van der Waals surface area (Å²) in [4.78, 5) is 23.4. The van der Waals surface area contributed by atoms with Crippen LogP contribution in [0.15, 0.2) is 30.3 Å². The first-order valence-corrected chi connectivity index (χ1v) is 6.62. The highest BCUT2D eigenvalue weighted by Gasteiger charge is 2.21. The zero-order valence-electron chi connectivity index (χ0n) is 10.8. The minimum Gasteiger partial charge on any atom is -0.353 e. The summed E-state index contributed by atoms with van der Waals surface area (Å²) in [5, 5.41) is 8.72. The van der Waals surface area contributed by atoms with Crippen molar-refractivity contribution in [1.29, 1.82) is 0 Å². The highest BCUT2D eigenvalue weighted by atomic mass is 16.2. The molecule has 1 aliphatic rings. The van der Waals surface area contributed by atoms with Crippen molar-refractivity contribution < 1.29 is 9.59 Å². The lowest BCUT2D eigenvalue weighted by Crippen LogP contribution is -2.43. The van der Waals surface area contributed by atoms with Crippen LogP contribution in [0, 0.1) is 0 Å². The van der Waals surface area contributed by atoms with Crippen LogP contribution in [0.25, 0.3) is 0 Å². The van der Waals surface area contributed by atoms with Crippen LogP contribution in [-0.2, 0) is 4.79 Å². The molecule has 0 spiro atoms. The lowest BCUT2D eigenvalue weighted by molar-refractivity contribution is -0.122. The Morgan fingerprint density at radius 3 is 2.58 bits per heavy atom. The van der Waals surface area contributed by atoms with Crippen molar-refractivity contribution in [2.45, 2.75) is 18.9 Å². The van der Waals surface area contributed by atoms with Crippen molar-refractivity contribution in [3.63, 3.8) is 0 Å². The predicted molar refractivity (Wildman–Crippen MR) is 72.8 cm³/mol. The third-order valence-electron chi connectivity index (χ3n) is 3.12. The molecule has 0 aliphatic carbocycles. The Morgan fingerprint density at radius 2 is 1.89 bits per heavy atom. The molecule has 0 bridgehead atoms. The Balaban J connectivity index is 1.64. The monoisotopic (exact) mass is 261 g/mol. The van der Waals surface area contributed by atoms with Crippen LogP contribution < -0.4 is 16.0 Å². The van der Waals surface area contributed by atoms with Crippen molar-refractivity contribution in [2.75, 3.05) is 19.6 Å². The van der Waals surface area contributed by atoms with Crippen LogP contribution in [-0.4, -0.2) is 37.5 Å². The molecule has 2 rings (SSSR count). The van der Waals surface area contributed by atoms with E-state index in [1.54, 1.807) is 12.1 Å². The largest absolute Gasteiger partial charge is 0.353 e. The minimum atomic E-state index is -0.117. The second-order valence-corrected chi connectivity index (χ2v) is 4.56. The van der Waals surface area contributed by atoms with Gasteiger partial charge in [-0.15, -0.1) is 0 Å². The number of amides is 2. The smallest absolute Gasteiger partial charge is 0.251 e. The third-order valence-corrected chi connectivity index (χ3v) is 3.12. The van der Waals surface area contributed by atoms with E-state index in [4.69, 9.17) is 0 Å². The van der Waals surface area contributed by atoms with Crippen molar-refractivity contribution in [1.82, 2.24) is 16.0 Å². The van der Waals surface area contributed by atoms with E-state index in [-0.39, 0.29) is 17.9 Å². The molecule has 0 radical (unpaired) electrons. The fraction of sp³-hybridized carbons (Fsp3) is 0.429. The van der Waals surface area contributed by atoms with Crippen molar-refractivity contribution in [2.24, 2.45) is 0 Å². The highest BCUT2D eigenvalue weighted by molar-refractivity contribution is 5.94. The number of carbonyl (C=O) groups excluding carboxylic acids is 2. The maximum Gasteiger partial charge on any atom is 0.251 e. The van der Waals surface area contributed by atoms with E-state index < -0.39 is 0 Å². The molecule has 1 saturated heterocycles. The van der Waals surface area contributed by atoms with Gasteiger partial charge in [0.2, 0.25) is 5.91 Å². The second kappa shape index (κ2) is 6.89. The summed E-state index contributed by atoms with van der Waals surface area (Å²) in [5.74, 6) is -0.0969. The third kappa shape index (κ3) is 4.06. The first-order chi connectivity index (χ1) is 9.27. The molecular formula is C14H19N3O2. The zero-order chi connectivity index (χ0) is 13.5. The van der Waals surface area contributed by atoms with Gasteiger partial charge in [0, 0.05) is 18.7 Å².